The molecule has 0 radical (unpaired) electrons. The fraction of sp³-hybridized carbons (Fsp3) is 0.348. The molecule has 1 atom stereocenters. The van der Waals surface area contributed by atoms with Gasteiger partial charge in [0.2, 0.25) is 5.95 Å². The summed E-state index contributed by atoms with van der Waals surface area (Å²) in [5.74, 6) is 0.665. The molecule has 3 heterocycles. The van der Waals surface area contributed by atoms with Gasteiger partial charge in [0.1, 0.15) is 5.82 Å². The molecule has 1 aliphatic heterocycles. The third-order valence-corrected chi connectivity index (χ3v) is 5.63. The summed E-state index contributed by atoms with van der Waals surface area (Å²) in [6.45, 7) is 4.35. The molecule has 6 nitrogen and oxygen atoms in total. The Labute approximate surface area is 172 Å². The van der Waals surface area contributed by atoms with Crippen LogP contribution in [0.4, 0.5) is 11.8 Å². The third-order valence-electron chi connectivity index (χ3n) is 5.63. The number of benzene rings is 1. The molecule has 150 valence electrons. The predicted molar refractivity (Wildman–Crippen MR) is 118 cm³/mol. The Balaban J connectivity index is 1.82. The molecule has 1 aliphatic rings. The molecule has 1 aromatic carbocycles. The fourth-order valence-corrected chi connectivity index (χ4v) is 4.27. The van der Waals surface area contributed by atoms with Crippen LogP contribution in [0.25, 0.3) is 22.4 Å². The minimum absolute atomic E-state index is 0.177. The monoisotopic (exact) mass is 388 g/mol. The van der Waals surface area contributed by atoms with Crippen molar-refractivity contribution in [3.8, 4) is 22.4 Å². The number of piperidine rings is 1. The Morgan fingerprint density at radius 2 is 1.76 bits per heavy atom. The molecule has 2 aromatic heterocycles. The molecule has 1 saturated heterocycles. The molecular formula is C23H28N6. The predicted octanol–water partition coefficient (Wildman–Crippen LogP) is 4.31. The Hall–Kier alpha value is -2.99. The van der Waals surface area contributed by atoms with Gasteiger partial charge in [-0.15, -0.1) is 0 Å². The molecule has 4 rings (SSSR count). The van der Waals surface area contributed by atoms with E-state index in [1.54, 1.807) is 6.20 Å². The zero-order valence-corrected chi connectivity index (χ0v) is 16.9. The first kappa shape index (κ1) is 19.3. The summed E-state index contributed by atoms with van der Waals surface area (Å²) in [7, 11) is 0. The summed E-state index contributed by atoms with van der Waals surface area (Å²) < 4.78 is 0. The van der Waals surface area contributed by atoms with E-state index in [1.165, 1.54) is 19.3 Å². The van der Waals surface area contributed by atoms with Crippen LogP contribution in [-0.2, 0) is 0 Å². The molecule has 1 fully saturated rings. The third kappa shape index (κ3) is 4.07. The Morgan fingerprint density at radius 1 is 0.966 bits per heavy atom. The van der Waals surface area contributed by atoms with Crippen molar-refractivity contribution in [1.82, 2.24) is 19.9 Å². The Kier molecular flexibility index (Phi) is 5.71. The van der Waals surface area contributed by atoms with Crippen LogP contribution < -0.4 is 11.5 Å². The zero-order chi connectivity index (χ0) is 20.2. The number of pyridine rings is 1. The minimum Gasteiger partial charge on any atom is -0.383 e. The summed E-state index contributed by atoms with van der Waals surface area (Å²) in [6.07, 6.45) is 6.48. The summed E-state index contributed by atoms with van der Waals surface area (Å²) in [6, 6.07) is 14.3. The summed E-state index contributed by atoms with van der Waals surface area (Å²) in [4.78, 5) is 16.0. The lowest BCUT2D eigenvalue weighted by Crippen LogP contribution is -2.34. The number of anilines is 2. The highest BCUT2D eigenvalue weighted by Gasteiger charge is 2.27. The van der Waals surface area contributed by atoms with Crippen molar-refractivity contribution in [2.75, 3.05) is 24.6 Å². The van der Waals surface area contributed by atoms with E-state index in [0.29, 0.717) is 5.82 Å². The van der Waals surface area contributed by atoms with Crippen LogP contribution in [-0.4, -0.2) is 32.9 Å². The van der Waals surface area contributed by atoms with Crippen molar-refractivity contribution >= 4 is 11.8 Å². The minimum atomic E-state index is 0.177. The molecule has 0 unspecified atom stereocenters. The number of hydrogen-bond donors (Lipinski definition) is 2. The smallest absolute Gasteiger partial charge is 0.222 e. The van der Waals surface area contributed by atoms with Gasteiger partial charge in [-0.3, -0.25) is 9.88 Å². The van der Waals surface area contributed by atoms with Crippen molar-refractivity contribution < 1.29 is 0 Å². The number of nitrogens with two attached hydrogens (primary N) is 2. The van der Waals surface area contributed by atoms with E-state index < -0.39 is 0 Å². The molecule has 0 bridgehead atoms. The Bertz CT molecular complexity index is 966. The normalized spacial score (nSPS) is 15.9. The fourth-order valence-electron chi connectivity index (χ4n) is 4.27. The van der Waals surface area contributed by atoms with E-state index in [4.69, 9.17) is 11.5 Å². The molecule has 0 aliphatic carbocycles. The topological polar surface area (TPSA) is 93.9 Å². The number of likely N-dealkylation sites (tertiary alicyclic amines) is 1. The van der Waals surface area contributed by atoms with Gasteiger partial charge in [0.05, 0.1) is 17.4 Å². The highest BCUT2D eigenvalue weighted by molar-refractivity contribution is 5.80. The molecule has 29 heavy (non-hydrogen) atoms. The van der Waals surface area contributed by atoms with Gasteiger partial charge in [-0.2, -0.15) is 4.98 Å². The second kappa shape index (κ2) is 8.57. The van der Waals surface area contributed by atoms with E-state index in [0.717, 1.165) is 47.6 Å². The van der Waals surface area contributed by atoms with Crippen molar-refractivity contribution in [3.05, 3.63) is 54.4 Å². The summed E-state index contributed by atoms with van der Waals surface area (Å²) in [5, 5.41) is 0. The second-order valence-electron chi connectivity index (χ2n) is 7.54. The van der Waals surface area contributed by atoms with Crippen molar-refractivity contribution in [2.24, 2.45) is 0 Å². The van der Waals surface area contributed by atoms with E-state index in [-0.39, 0.29) is 12.0 Å². The van der Waals surface area contributed by atoms with Crippen molar-refractivity contribution in [1.29, 1.82) is 0 Å². The van der Waals surface area contributed by atoms with Gasteiger partial charge in [-0.05, 0) is 56.1 Å². The van der Waals surface area contributed by atoms with Crippen LogP contribution in [0.1, 0.15) is 44.3 Å². The number of aromatic nitrogens is 3. The van der Waals surface area contributed by atoms with Crippen LogP contribution in [0.2, 0.25) is 0 Å². The van der Waals surface area contributed by atoms with Crippen LogP contribution in [0.3, 0.4) is 0 Å². The maximum Gasteiger partial charge on any atom is 0.222 e. The van der Waals surface area contributed by atoms with Gasteiger partial charge < -0.3 is 11.5 Å². The van der Waals surface area contributed by atoms with Crippen LogP contribution in [0.5, 0.6) is 0 Å². The average Bonchev–Trinajstić information content (AvgIpc) is 2.75. The lowest BCUT2D eigenvalue weighted by Gasteiger charge is -2.34. The number of nitrogen functional groups attached to an aromatic ring is 2. The SMILES string of the molecule is CC[C@@H](c1nc(N)nc(N)c1-c1cccc(-c2ccccn2)c1)N1CCCCC1. The highest BCUT2D eigenvalue weighted by Crippen LogP contribution is 2.37. The van der Waals surface area contributed by atoms with E-state index in [2.05, 4.69) is 45.0 Å². The molecule has 0 spiro atoms. The van der Waals surface area contributed by atoms with Crippen molar-refractivity contribution in [3.63, 3.8) is 0 Å². The largest absolute Gasteiger partial charge is 0.383 e. The van der Waals surface area contributed by atoms with Gasteiger partial charge in [-0.25, -0.2) is 4.98 Å². The van der Waals surface area contributed by atoms with E-state index in [9.17, 15) is 0 Å². The molecular weight excluding hydrogens is 360 g/mol. The van der Waals surface area contributed by atoms with Gasteiger partial charge in [0.15, 0.2) is 0 Å². The quantitative estimate of drug-likeness (QED) is 0.676. The number of rotatable bonds is 5. The molecule has 0 saturated carbocycles. The van der Waals surface area contributed by atoms with Gasteiger partial charge in [0, 0.05) is 17.3 Å². The van der Waals surface area contributed by atoms with Gasteiger partial charge in [-0.1, -0.05) is 37.6 Å². The standard InChI is InChI=1S/C23H28N6/c1-2-19(29-13-6-3-7-14-29)21-20(22(24)28-23(25)27-21)17-10-8-9-16(15-17)18-11-4-5-12-26-18/h4-5,8-12,15,19H,2-3,6-7,13-14H2,1H3,(H4,24,25,27,28)/t19-/m0/s1. The highest BCUT2D eigenvalue weighted by atomic mass is 15.2. The van der Waals surface area contributed by atoms with Crippen LogP contribution in [0, 0.1) is 0 Å². The second-order valence-corrected chi connectivity index (χ2v) is 7.54. The Morgan fingerprint density at radius 3 is 2.48 bits per heavy atom. The van der Waals surface area contributed by atoms with Crippen molar-refractivity contribution in [2.45, 2.75) is 38.6 Å². The molecule has 4 N–H and O–H groups in total. The van der Waals surface area contributed by atoms with Gasteiger partial charge >= 0.3 is 0 Å². The maximum atomic E-state index is 6.40. The molecule has 0 amide bonds. The first-order chi connectivity index (χ1) is 14.2. The first-order valence-corrected chi connectivity index (χ1v) is 10.4. The molecule has 6 heteroatoms. The summed E-state index contributed by atoms with van der Waals surface area (Å²) in [5.41, 5.74) is 17.2. The van der Waals surface area contributed by atoms with E-state index in [1.807, 2.05) is 24.3 Å². The summed E-state index contributed by atoms with van der Waals surface area (Å²) >= 11 is 0. The number of nitrogens with zero attached hydrogens (tertiary/aromatic N) is 4. The number of hydrogen-bond acceptors (Lipinski definition) is 6. The average molecular weight is 389 g/mol. The lowest BCUT2D eigenvalue weighted by molar-refractivity contribution is 0.157. The van der Waals surface area contributed by atoms with Crippen LogP contribution >= 0.6 is 0 Å². The molecule has 3 aromatic rings. The lowest BCUT2D eigenvalue weighted by atomic mass is 9.95. The van der Waals surface area contributed by atoms with Gasteiger partial charge in [0.25, 0.3) is 0 Å². The first-order valence-electron chi connectivity index (χ1n) is 10.4. The van der Waals surface area contributed by atoms with Crippen LogP contribution in [0.15, 0.2) is 48.7 Å². The van der Waals surface area contributed by atoms with E-state index >= 15 is 0 Å². The zero-order valence-electron chi connectivity index (χ0n) is 16.9. The maximum absolute atomic E-state index is 6.40.